The molecule has 5 rings (SSSR count). The van der Waals surface area contributed by atoms with Gasteiger partial charge in [-0.25, -0.2) is 9.67 Å². The minimum atomic E-state index is -4.61. The Morgan fingerprint density at radius 2 is 1.57 bits per heavy atom. The third-order valence-electron chi connectivity index (χ3n) is 5.94. The zero-order valence-corrected chi connectivity index (χ0v) is 21.3. The highest BCUT2D eigenvalue weighted by atomic mass is 35.5. The summed E-state index contributed by atoms with van der Waals surface area (Å²) in [4.78, 5) is 4.58. The van der Waals surface area contributed by atoms with Gasteiger partial charge in [-0.05, 0) is 67.9 Å². The zero-order chi connectivity index (χ0) is 26.3. The fourth-order valence-electron chi connectivity index (χ4n) is 4.03. The van der Waals surface area contributed by atoms with E-state index in [1.807, 2.05) is 31.2 Å². The molecule has 0 atom stereocenters. The van der Waals surface area contributed by atoms with Crippen molar-refractivity contribution < 1.29 is 17.9 Å². The number of hydrogen-bond acceptors (Lipinski definition) is 3. The van der Waals surface area contributed by atoms with Gasteiger partial charge in [0.05, 0.1) is 38.1 Å². The Kier molecular flexibility index (Phi) is 6.60. The third-order valence-corrected chi connectivity index (χ3v) is 6.68. The van der Waals surface area contributed by atoms with Crippen LogP contribution >= 0.6 is 23.2 Å². The summed E-state index contributed by atoms with van der Waals surface area (Å²) < 4.78 is 49.6. The van der Waals surface area contributed by atoms with Crippen LogP contribution in [0.2, 0.25) is 10.0 Å². The van der Waals surface area contributed by atoms with Crippen molar-refractivity contribution >= 4 is 34.2 Å². The molecule has 0 saturated heterocycles. The predicted octanol–water partition coefficient (Wildman–Crippen LogP) is 8.61. The van der Waals surface area contributed by atoms with E-state index >= 15 is 0 Å². The molecular formula is C28H20Cl2F3N3O. The molecule has 0 aliphatic heterocycles. The van der Waals surface area contributed by atoms with Crippen LogP contribution in [0.5, 0.6) is 5.75 Å². The lowest BCUT2D eigenvalue weighted by molar-refractivity contribution is -0.136. The first-order valence-corrected chi connectivity index (χ1v) is 12.1. The largest absolute Gasteiger partial charge is 0.489 e. The van der Waals surface area contributed by atoms with E-state index in [1.54, 1.807) is 36.4 Å². The first-order chi connectivity index (χ1) is 17.6. The van der Waals surface area contributed by atoms with Crippen LogP contribution in [0, 0.1) is 13.8 Å². The van der Waals surface area contributed by atoms with Gasteiger partial charge in [-0.3, -0.25) is 0 Å². The molecule has 0 amide bonds. The summed E-state index contributed by atoms with van der Waals surface area (Å²) in [7, 11) is 0. The topological polar surface area (TPSA) is 39.9 Å². The highest BCUT2D eigenvalue weighted by molar-refractivity contribution is 6.42. The molecule has 0 radical (unpaired) electrons. The van der Waals surface area contributed by atoms with Crippen LogP contribution in [-0.2, 0) is 12.8 Å². The number of nitrogens with zero attached hydrogens (tertiary/aromatic N) is 3. The van der Waals surface area contributed by atoms with Crippen LogP contribution < -0.4 is 4.74 Å². The molecule has 9 heteroatoms. The van der Waals surface area contributed by atoms with Crippen molar-refractivity contribution in [3.63, 3.8) is 0 Å². The summed E-state index contributed by atoms with van der Waals surface area (Å²) in [6, 6.07) is 20.6. The number of pyridine rings is 1. The normalized spacial score (nSPS) is 11.8. The Morgan fingerprint density at radius 1 is 0.865 bits per heavy atom. The second kappa shape index (κ2) is 9.72. The van der Waals surface area contributed by atoms with Gasteiger partial charge in [-0.2, -0.15) is 18.3 Å². The van der Waals surface area contributed by atoms with Crippen LogP contribution in [0.4, 0.5) is 13.2 Å². The molecule has 0 N–H and O–H groups in total. The SMILES string of the molecule is Cc1ccc(COc2ccc(-c3cc(C(F)(F)F)c4c(C)nn(-c5ccc(Cl)c(Cl)c5)c4n3)cc2)cc1. The number of aromatic nitrogens is 3. The van der Waals surface area contributed by atoms with Crippen molar-refractivity contribution in [1.29, 1.82) is 0 Å². The summed E-state index contributed by atoms with van der Waals surface area (Å²) in [6.45, 7) is 3.91. The van der Waals surface area contributed by atoms with E-state index in [1.165, 1.54) is 17.7 Å². The number of halogens is 5. The predicted molar refractivity (Wildman–Crippen MR) is 140 cm³/mol. The van der Waals surface area contributed by atoms with Gasteiger partial charge in [0.2, 0.25) is 0 Å². The number of fused-ring (bicyclic) bond motifs is 1. The minimum absolute atomic E-state index is 0.0691. The summed E-state index contributed by atoms with van der Waals surface area (Å²) in [5.41, 5.74) is 2.75. The van der Waals surface area contributed by atoms with E-state index < -0.39 is 11.7 Å². The van der Waals surface area contributed by atoms with Gasteiger partial charge in [0.15, 0.2) is 5.65 Å². The standard InChI is InChI=1S/C28H20Cl2F3N3O/c1-16-3-5-18(6-4-16)15-37-21-10-7-19(8-11-21)25-14-22(28(31,32)33)26-17(2)35-36(27(26)34-25)20-9-12-23(29)24(30)13-20/h3-14H,15H2,1-2H3. The maximum absolute atomic E-state index is 14.1. The molecular weight excluding hydrogens is 522 g/mol. The Balaban J connectivity index is 1.54. The van der Waals surface area contributed by atoms with Crippen molar-refractivity contribution in [3.05, 3.63) is 105 Å². The fourth-order valence-corrected chi connectivity index (χ4v) is 4.32. The Morgan fingerprint density at radius 3 is 2.22 bits per heavy atom. The van der Waals surface area contributed by atoms with Crippen molar-refractivity contribution in [1.82, 2.24) is 14.8 Å². The molecule has 0 spiro atoms. The van der Waals surface area contributed by atoms with E-state index in [9.17, 15) is 13.2 Å². The van der Waals surface area contributed by atoms with Gasteiger partial charge in [0.1, 0.15) is 12.4 Å². The molecule has 4 nitrogen and oxygen atoms in total. The lowest BCUT2D eigenvalue weighted by Crippen LogP contribution is -2.08. The second-order valence-corrected chi connectivity index (χ2v) is 9.46. The van der Waals surface area contributed by atoms with Crippen LogP contribution in [-0.4, -0.2) is 14.8 Å². The quantitative estimate of drug-likeness (QED) is 0.223. The van der Waals surface area contributed by atoms with Gasteiger partial charge in [0.25, 0.3) is 0 Å². The Labute approximate surface area is 221 Å². The number of alkyl halides is 3. The van der Waals surface area contributed by atoms with E-state index in [4.69, 9.17) is 27.9 Å². The Bertz CT molecular complexity index is 1600. The first-order valence-electron chi connectivity index (χ1n) is 11.3. The molecule has 2 heterocycles. The first kappa shape index (κ1) is 25.1. The molecule has 0 bridgehead atoms. The van der Waals surface area contributed by atoms with E-state index in [0.29, 0.717) is 28.6 Å². The molecule has 5 aromatic rings. The molecule has 188 valence electrons. The van der Waals surface area contributed by atoms with Crippen molar-refractivity contribution in [2.45, 2.75) is 26.6 Å². The van der Waals surface area contributed by atoms with E-state index in [2.05, 4.69) is 10.1 Å². The molecule has 37 heavy (non-hydrogen) atoms. The molecule has 2 aromatic heterocycles. The summed E-state index contributed by atoms with van der Waals surface area (Å²) in [5.74, 6) is 0.596. The summed E-state index contributed by atoms with van der Waals surface area (Å²) in [5, 5.41) is 4.86. The number of benzene rings is 3. The van der Waals surface area contributed by atoms with Gasteiger partial charge in [-0.15, -0.1) is 0 Å². The molecule has 0 aliphatic rings. The lowest BCUT2D eigenvalue weighted by Gasteiger charge is -2.12. The summed E-state index contributed by atoms with van der Waals surface area (Å²) >= 11 is 12.2. The van der Waals surface area contributed by atoms with E-state index in [-0.39, 0.29) is 27.4 Å². The highest BCUT2D eigenvalue weighted by Crippen LogP contribution is 2.39. The van der Waals surface area contributed by atoms with E-state index in [0.717, 1.165) is 17.2 Å². The molecule has 0 aliphatic carbocycles. The maximum Gasteiger partial charge on any atom is 0.417 e. The van der Waals surface area contributed by atoms with Crippen molar-refractivity contribution in [2.24, 2.45) is 0 Å². The van der Waals surface area contributed by atoms with Crippen molar-refractivity contribution in [2.75, 3.05) is 0 Å². The minimum Gasteiger partial charge on any atom is -0.489 e. The molecule has 0 unspecified atom stereocenters. The van der Waals surface area contributed by atoms with Gasteiger partial charge >= 0.3 is 6.18 Å². The summed E-state index contributed by atoms with van der Waals surface area (Å²) in [6.07, 6.45) is -4.61. The van der Waals surface area contributed by atoms with Crippen LogP contribution in [0.1, 0.15) is 22.4 Å². The molecule has 0 saturated carbocycles. The number of aryl methyl sites for hydroxylation is 2. The zero-order valence-electron chi connectivity index (χ0n) is 19.8. The van der Waals surface area contributed by atoms with Crippen LogP contribution in [0.25, 0.3) is 28.0 Å². The van der Waals surface area contributed by atoms with Crippen LogP contribution in [0.15, 0.2) is 72.8 Å². The maximum atomic E-state index is 14.1. The highest BCUT2D eigenvalue weighted by Gasteiger charge is 2.36. The lowest BCUT2D eigenvalue weighted by atomic mass is 10.0. The third kappa shape index (κ3) is 5.15. The fraction of sp³-hybridized carbons (Fsp3) is 0.143. The van der Waals surface area contributed by atoms with Gasteiger partial charge < -0.3 is 4.74 Å². The van der Waals surface area contributed by atoms with Gasteiger partial charge in [0, 0.05) is 5.56 Å². The van der Waals surface area contributed by atoms with Crippen LogP contribution in [0.3, 0.4) is 0 Å². The Hall–Kier alpha value is -3.55. The smallest absolute Gasteiger partial charge is 0.417 e. The average molecular weight is 542 g/mol. The molecule has 3 aromatic carbocycles. The van der Waals surface area contributed by atoms with Gasteiger partial charge in [-0.1, -0.05) is 53.0 Å². The second-order valence-electron chi connectivity index (χ2n) is 8.65. The average Bonchev–Trinajstić information content (AvgIpc) is 3.21. The number of hydrogen-bond donors (Lipinski definition) is 0. The number of rotatable bonds is 5. The monoisotopic (exact) mass is 541 g/mol. The van der Waals surface area contributed by atoms with Crippen molar-refractivity contribution in [3.8, 4) is 22.7 Å². The molecule has 0 fully saturated rings. The number of ether oxygens (including phenoxy) is 1.